The van der Waals surface area contributed by atoms with E-state index in [1.54, 1.807) is 13.3 Å². The van der Waals surface area contributed by atoms with Crippen LogP contribution in [0.3, 0.4) is 0 Å². The Balaban J connectivity index is 2.06. The number of hydrogen-bond donors (Lipinski definition) is 1. The summed E-state index contributed by atoms with van der Waals surface area (Å²) in [5, 5.41) is 0. The highest BCUT2D eigenvalue weighted by Crippen LogP contribution is 2.31. The molecular weight excluding hydrogens is 202 g/mol. The molecule has 88 valence electrons. The first-order chi connectivity index (χ1) is 7.55. The molecular formula is C12H19N3O. The summed E-state index contributed by atoms with van der Waals surface area (Å²) in [6.07, 6.45) is 1.76. The number of nitrogens with zero attached hydrogens (tertiary/aromatic N) is 2. The zero-order valence-corrected chi connectivity index (χ0v) is 10.1. The molecule has 1 aromatic heterocycles. The number of anilines is 1. The number of ether oxygens (including phenoxy) is 1. The Morgan fingerprint density at radius 3 is 2.75 bits per heavy atom. The van der Waals surface area contributed by atoms with Crippen LogP contribution in [-0.2, 0) is 0 Å². The van der Waals surface area contributed by atoms with Crippen molar-refractivity contribution in [2.75, 3.05) is 25.1 Å². The van der Waals surface area contributed by atoms with Crippen molar-refractivity contribution in [3.8, 4) is 5.88 Å². The average molecular weight is 221 g/mol. The molecule has 4 heteroatoms. The lowest BCUT2D eigenvalue weighted by Gasteiger charge is -2.51. The lowest BCUT2D eigenvalue weighted by atomic mass is 9.80. The van der Waals surface area contributed by atoms with E-state index < -0.39 is 0 Å². The van der Waals surface area contributed by atoms with Crippen LogP contribution in [0.2, 0.25) is 0 Å². The highest BCUT2D eigenvalue weighted by atomic mass is 16.5. The highest BCUT2D eigenvalue weighted by Gasteiger charge is 2.41. The van der Waals surface area contributed by atoms with Crippen LogP contribution in [0.15, 0.2) is 18.3 Å². The molecule has 2 heterocycles. The maximum absolute atomic E-state index is 6.26. The zero-order valence-electron chi connectivity index (χ0n) is 10.1. The standard InChI is InChI=1S/C12H19N3O/c1-9(2)12(13)7-15(8-12)10-4-5-14-11(6-10)16-3/h4-6,9H,7-8,13H2,1-3H3. The molecule has 0 amide bonds. The quantitative estimate of drug-likeness (QED) is 0.835. The molecule has 4 nitrogen and oxygen atoms in total. The van der Waals surface area contributed by atoms with Gasteiger partial charge in [-0.2, -0.15) is 0 Å². The number of aromatic nitrogens is 1. The third kappa shape index (κ3) is 1.85. The Labute approximate surface area is 96.4 Å². The minimum Gasteiger partial charge on any atom is -0.481 e. The van der Waals surface area contributed by atoms with E-state index >= 15 is 0 Å². The molecule has 0 aliphatic carbocycles. The molecule has 1 aliphatic rings. The van der Waals surface area contributed by atoms with Crippen molar-refractivity contribution in [2.45, 2.75) is 19.4 Å². The fourth-order valence-corrected chi connectivity index (χ4v) is 1.92. The van der Waals surface area contributed by atoms with Crippen molar-refractivity contribution in [1.82, 2.24) is 4.98 Å². The van der Waals surface area contributed by atoms with Crippen molar-refractivity contribution in [1.29, 1.82) is 0 Å². The molecule has 0 radical (unpaired) electrons. The molecule has 0 atom stereocenters. The maximum atomic E-state index is 6.26. The van der Waals surface area contributed by atoms with Gasteiger partial charge in [0.25, 0.3) is 0 Å². The Morgan fingerprint density at radius 1 is 1.50 bits per heavy atom. The predicted octanol–water partition coefficient (Wildman–Crippen LogP) is 1.26. The smallest absolute Gasteiger partial charge is 0.214 e. The number of hydrogen-bond acceptors (Lipinski definition) is 4. The second kappa shape index (κ2) is 3.94. The molecule has 16 heavy (non-hydrogen) atoms. The van der Waals surface area contributed by atoms with Crippen LogP contribution in [0.4, 0.5) is 5.69 Å². The van der Waals surface area contributed by atoms with Gasteiger partial charge in [-0.15, -0.1) is 0 Å². The minimum atomic E-state index is -0.0451. The van der Waals surface area contributed by atoms with Crippen molar-refractivity contribution < 1.29 is 4.74 Å². The van der Waals surface area contributed by atoms with Gasteiger partial charge in [-0.05, 0) is 12.0 Å². The van der Waals surface area contributed by atoms with Gasteiger partial charge in [0.2, 0.25) is 5.88 Å². The van der Waals surface area contributed by atoms with Crippen LogP contribution in [0.5, 0.6) is 5.88 Å². The third-order valence-electron chi connectivity index (χ3n) is 3.41. The first-order valence-corrected chi connectivity index (χ1v) is 5.59. The average Bonchev–Trinajstić information content (AvgIpc) is 2.24. The molecule has 0 spiro atoms. The van der Waals surface area contributed by atoms with E-state index in [1.165, 1.54) is 0 Å². The van der Waals surface area contributed by atoms with Crippen LogP contribution < -0.4 is 15.4 Å². The van der Waals surface area contributed by atoms with E-state index in [9.17, 15) is 0 Å². The van der Waals surface area contributed by atoms with Gasteiger partial charge in [-0.3, -0.25) is 0 Å². The molecule has 2 rings (SSSR count). The summed E-state index contributed by atoms with van der Waals surface area (Å²) in [5.74, 6) is 1.16. The van der Waals surface area contributed by atoms with Crippen molar-refractivity contribution in [2.24, 2.45) is 11.7 Å². The van der Waals surface area contributed by atoms with Gasteiger partial charge in [0.1, 0.15) is 0 Å². The lowest BCUT2D eigenvalue weighted by Crippen LogP contribution is -2.70. The maximum Gasteiger partial charge on any atom is 0.214 e. The SMILES string of the molecule is COc1cc(N2CC(N)(C(C)C)C2)ccn1. The Bertz CT molecular complexity index is 372. The molecule has 2 N–H and O–H groups in total. The van der Waals surface area contributed by atoms with E-state index in [1.807, 2.05) is 12.1 Å². The van der Waals surface area contributed by atoms with Crippen molar-refractivity contribution in [3.63, 3.8) is 0 Å². The zero-order chi connectivity index (χ0) is 11.8. The van der Waals surface area contributed by atoms with E-state index in [2.05, 4.69) is 23.7 Å². The van der Waals surface area contributed by atoms with Gasteiger partial charge in [0.05, 0.1) is 12.6 Å². The molecule has 1 aromatic rings. The van der Waals surface area contributed by atoms with Crippen LogP contribution in [0.25, 0.3) is 0 Å². The number of rotatable bonds is 3. The van der Waals surface area contributed by atoms with Crippen LogP contribution in [-0.4, -0.2) is 30.7 Å². The van der Waals surface area contributed by atoms with Gasteiger partial charge in [0.15, 0.2) is 0 Å². The Kier molecular flexibility index (Phi) is 2.76. The van der Waals surface area contributed by atoms with E-state index in [-0.39, 0.29) is 5.54 Å². The normalized spacial score (nSPS) is 18.4. The summed E-state index contributed by atoms with van der Waals surface area (Å²) in [7, 11) is 1.63. The predicted molar refractivity (Wildman–Crippen MR) is 64.8 cm³/mol. The van der Waals surface area contributed by atoms with Gasteiger partial charge in [-0.25, -0.2) is 4.98 Å². The largest absolute Gasteiger partial charge is 0.481 e. The van der Waals surface area contributed by atoms with E-state index in [0.29, 0.717) is 11.8 Å². The molecule has 1 saturated heterocycles. The lowest BCUT2D eigenvalue weighted by molar-refractivity contribution is 0.245. The summed E-state index contributed by atoms with van der Waals surface area (Å²) >= 11 is 0. The Morgan fingerprint density at radius 2 is 2.19 bits per heavy atom. The van der Waals surface area contributed by atoms with Crippen LogP contribution in [0, 0.1) is 5.92 Å². The fourth-order valence-electron chi connectivity index (χ4n) is 1.92. The molecule has 0 bridgehead atoms. The van der Waals surface area contributed by atoms with Crippen LogP contribution in [0.1, 0.15) is 13.8 Å². The summed E-state index contributed by atoms with van der Waals surface area (Å²) < 4.78 is 5.10. The topological polar surface area (TPSA) is 51.4 Å². The van der Waals surface area contributed by atoms with Gasteiger partial charge in [0, 0.05) is 31.0 Å². The summed E-state index contributed by atoms with van der Waals surface area (Å²) in [6, 6.07) is 3.93. The third-order valence-corrected chi connectivity index (χ3v) is 3.41. The second-order valence-corrected chi connectivity index (χ2v) is 4.80. The first-order valence-electron chi connectivity index (χ1n) is 5.59. The first kappa shape index (κ1) is 11.2. The minimum absolute atomic E-state index is 0.0451. The van der Waals surface area contributed by atoms with Gasteiger partial charge >= 0.3 is 0 Å². The van der Waals surface area contributed by atoms with Gasteiger partial charge in [-0.1, -0.05) is 13.8 Å². The van der Waals surface area contributed by atoms with E-state index in [0.717, 1.165) is 18.8 Å². The van der Waals surface area contributed by atoms with Crippen LogP contribution >= 0.6 is 0 Å². The monoisotopic (exact) mass is 221 g/mol. The molecule has 1 aliphatic heterocycles. The van der Waals surface area contributed by atoms with E-state index in [4.69, 9.17) is 10.5 Å². The summed E-state index contributed by atoms with van der Waals surface area (Å²) in [5.41, 5.74) is 7.34. The Hall–Kier alpha value is -1.29. The molecule has 0 saturated carbocycles. The van der Waals surface area contributed by atoms with Crippen molar-refractivity contribution in [3.05, 3.63) is 18.3 Å². The number of pyridine rings is 1. The van der Waals surface area contributed by atoms with Gasteiger partial charge < -0.3 is 15.4 Å². The number of methoxy groups -OCH3 is 1. The molecule has 1 fully saturated rings. The molecule has 0 aromatic carbocycles. The second-order valence-electron chi connectivity index (χ2n) is 4.80. The number of nitrogens with two attached hydrogens (primary N) is 1. The summed E-state index contributed by atoms with van der Waals surface area (Å²) in [4.78, 5) is 6.34. The molecule has 0 unspecified atom stereocenters. The summed E-state index contributed by atoms with van der Waals surface area (Å²) in [6.45, 7) is 6.14. The van der Waals surface area contributed by atoms with Crippen molar-refractivity contribution >= 4 is 5.69 Å². The fraction of sp³-hybridized carbons (Fsp3) is 0.583. The highest BCUT2D eigenvalue weighted by molar-refractivity contribution is 5.52.